The van der Waals surface area contributed by atoms with E-state index in [0.29, 0.717) is 11.5 Å². The number of thioether (sulfide) groups is 1. The molecule has 0 aliphatic rings. The van der Waals surface area contributed by atoms with Crippen LogP contribution in [0.4, 0.5) is 11.5 Å². The van der Waals surface area contributed by atoms with Crippen LogP contribution >= 0.6 is 23.1 Å². The van der Waals surface area contributed by atoms with Crippen LogP contribution < -0.4 is 10.0 Å². The normalized spacial score (nSPS) is 12.1. The van der Waals surface area contributed by atoms with Gasteiger partial charge < -0.3 is 5.32 Å². The number of hydrogen-bond donors (Lipinski definition) is 2. The maximum Gasteiger partial charge on any atom is 0.271 e. The molecule has 0 bridgehead atoms. The molecule has 0 aliphatic heterocycles. The summed E-state index contributed by atoms with van der Waals surface area (Å²) in [5.74, 6) is 0.291. The van der Waals surface area contributed by atoms with Crippen LogP contribution in [0.15, 0.2) is 106 Å². The van der Waals surface area contributed by atoms with E-state index in [4.69, 9.17) is 0 Å². The Labute approximate surface area is 194 Å². The largest absolute Gasteiger partial charge is 0.309 e. The fourth-order valence-electron chi connectivity index (χ4n) is 2.89. The van der Waals surface area contributed by atoms with E-state index >= 15 is 0 Å². The van der Waals surface area contributed by atoms with Gasteiger partial charge in [-0.3, -0.25) is 9.52 Å². The number of sulfonamides is 1. The smallest absolute Gasteiger partial charge is 0.271 e. The van der Waals surface area contributed by atoms with Gasteiger partial charge in [0.2, 0.25) is 5.91 Å². The molecule has 0 saturated carbocycles. The zero-order chi connectivity index (χ0) is 22.4. The quantitative estimate of drug-likeness (QED) is 0.328. The van der Waals surface area contributed by atoms with Crippen LogP contribution in [0.5, 0.6) is 0 Å². The monoisotopic (exact) mass is 481 g/mol. The Hall–Kier alpha value is -3.14. The summed E-state index contributed by atoms with van der Waals surface area (Å²) >= 11 is 2.54. The minimum absolute atomic E-state index is 0.192. The molecule has 1 amide bonds. The lowest BCUT2D eigenvalue weighted by Crippen LogP contribution is -2.19. The van der Waals surface area contributed by atoms with Gasteiger partial charge in [0, 0.05) is 16.8 Å². The molecule has 6 nitrogen and oxygen atoms in total. The number of anilines is 2. The number of amides is 1. The molecule has 4 rings (SSSR count). The zero-order valence-electron chi connectivity index (χ0n) is 16.7. The average molecular weight is 482 g/mol. The van der Waals surface area contributed by atoms with Gasteiger partial charge in [0.15, 0.2) is 0 Å². The minimum atomic E-state index is -3.61. The second kappa shape index (κ2) is 9.99. The van der Waals surface area contributed by atoms with Crippen molar-refractivity contribution in [3.63, 3.8) is 0 Å². The summed E-state index contributed by atoms with van der Waals surface area (Å²) in [6.45, 7) is 0. The standard InChI is InChI=1S/C23H19N3O3S3/c27-23(25-20-9-4-5-15-24-20)22(17-7-2-1-3-8-17)31-19-13-11-18(12-14-19)26-32(28,29)21-10-6-16-30-21/h1-16,22,26H,(H,24,25,27). The molecular weight excluding hydrogens is 462 g/mol. The summed E-state index contributed by atoms with van der Waals surface area (Å²) in [6, 6.07) is 25.0. The Bertz CT molecular complexity index is 1260. The van der Waals surface area contributed by atoms with Crippen LogP contribution in [-0.2, 0) is 14.8 Å². The Morgan fingerprint density at radius 3 is 2.31 bits per heavy atom. The maximum absolute atomic E-state index is 13.0. The van der Waals surface area contributed by atoms with Gasteiger partial charge in [-0.2, -0.15) is 0 Å². The summed E-state index contributed by atoms with van der Waals surface area (Å²) in [4.78, 5) is 18.0. The zero-order valence-corrected chi connectivity index (χ0v) is 19.2. The van der Waals surface area contributed by atoms with Gasteiger partial charge in [0.1, 0.15) is 15.3 Å². The molecule has 9 heteroatoms. The third kappa shape index (κ3) is 5.56. The molecule has 32 heavy (non-hydrogen) atoms. The lowest BCUT2D eigenvalue weighted by molar-refractivity contribution is -0.115. The summed E-state index contributed by atoms with van der Waals surface area (Å²) in [5, 5.41) is 4.07. The van der Waals surface area contributed by atoms with Crippen LogP contribution in [-0.4, -0.2) is 19.3 Å². The summed E-state index contributed by atoms with van der Waals surface area (Å²) in [7, 11) is -3.61. The molecule has 0 spiro atoms. The van der Waals surface area contributed by atoms with E-state index in [1.807, 2.05) is 36.4 Å². The highest BCUT2D eigenvalue weighted by Crippen LogP contribution is 2.36. The first-order valence-electron chi connectivity index (χ1n) is 9.61. The summed E-state index contributed by atoms with van der Waals surface area (Å²) < 4.78 is 27.6. The average Bonchev–Trinajstić information content (AvgIpc) is 3.36. The van der Waals surface area contributed by atoms with Crippen molar-refractivity contribution in [2.24, 2.45) is 0 Å². The van der Waals surface area contributed by atoms with Gasteiger partial charge in [0.25, 0.3) is 10.0 Å². The second-order valence-corrected chi connectivity index (χ2v) is 10.7. The van der Waals surface area contributed by atoms with Crippen molar-refractivity contribution < 1.29 is 13.2 Å². The molecule has 0 aliphatic carbocycles. The fourth-order valence-corrected chi connectivity index (χ4v) is 5.96. The highest BCUT2D eigenvalue weighted by atomic mass is 32.2. The number of pyridine rings is 1. The molecule has 2 aromatic carbocycles. The van der Waals surface area contributed by atoms with Crippen molar-refractivity contribution in [1.82, 2.24) is 4.98 Å². The minimum Gasteiger partial charge on any atom is -0.309 e. The Morgan fingerprint density at radius 2 is 1.66 bits per heavy atom. The molecule has 0 radical (unpaired) electrons. The lowest BCUT2D eigenvalue weighted by atomic mass is 10.1. The SMILES string of the molecule is O=C(Nc1ccccn1)C(Sc1ccc(NS(=O)(=O)c2cccs2)cc1)c1ccccc1. The maximum atomic E-state index is 13.0. The number of benzene rings is 2. The van der Waals surface area contributed by atoms with Crippen LogP contribution in [0.2, 0.25) is 0 Å². The third-order valence-corrected chi connectivity index (χ3v) is 8.42. The number of thiophene rings is 1. The predicted molar refractivity (Wildman–Crippen MR) is 129 cm³/mol. The molecule has 4 aromatic rings. The van der Waals surface area contributed by atoms with E-state index in [-0.39, 0.29) is 10.1 Å². The highest BCUT2D eigenvalue weighted by Gasteiger charge is 2.23. The van der Waals surface area contributed by atoms with E-state index in [1.54, 1.807) is 60.1 Å². The molecule has 2 aromatic heterocycles. The van der Waals surface area contributed by atoms with E-state index in [9.17, 15) is 13.2 Å². The highest BCUT2D eigenvalue weighted by molar-refractivity contribution is 8.00. The van der Waals surface area contributed by atoms with Crippen LogP contribution in [0.25, 0.3) is 0 Å². The first-order valence-corrected chi connectivity index (χ1v) is 12.9. The van der Waals surface area contributed by atoms with Gasteiger partial charge in [-0.1, -0.05) is 42.5 Å². The van der Waals surface area contributed by atoms with Gasteiger partial charge in [-0.25, -0.2) is 13.4 Å². The second-order valence-electron chi connectivity index (χ2n) is 6.67. The number of nitrogens with one attached hydrogen (secondary N) is 2. The fraction of sp³-hybridized carbons (Fsp3) is 0.0435. The summed E-state index contributed by atoms with van der Waals surface area (Å²) in [5.41, 5.74) is 1.31. The van der Waals surface area contributed by atoms with Crippen LogP contribution in [0.1, 0.15) is 10.8 Å². The number of rotatable bonds is 8. The molecule has 2 heterocycles. The van der Waals surface area contributed by atoms with E-state index in [0.717, 1.165) is 21.8 Å². The Kier molecular flexibility index (Phi) is 6.89. The van der Waals surface area contributed by atoms with Gasteiger partial charge >= 0.3 is 0 Å². The molecule has 0 saturated heterocycles. The van der Waals surface area contributed by atoms with Crippen LogP contribution in [0, 0.1) is 0 Å². The molecule has 0 fully saturated rings. The van der Waals surface area contributed by atoms with Crippen molar-refractivity contribution in [2.45, 2.75) is 14.4 Å². The van der Waals surface area contributed by atoms with Gasteiger partial charge in [-0.15, -0.1) is 23.1 Å². The summed E-state index contributed by atoms with van der Waals surface area (Å²) in [6.07, 6.45) is 1.62. The van der Waals surface area contributed by atoms with Crippen molar-refractivity contribution in [2.75, 3.05) is 10.0 Å². The predicted octanol–water partition coefficient (Wildman–Crippen LogP) is 5.42. The number of carbonyl (C=O) groups is 1. The Morgan fingerprint density at radius 1 is 0.906 bits per heavy atom. The number of carbonyl (C=O) groups excluding carboxylic acids is 1. The molecule has 1 atom stereocenters. The van der Waals surface area contributed by atoms with E-state index in [2.05, 4.69) is 15.0 Å². The van der Waals surface area contributed by atoms with Crippen molar-refractivity contribution in [3.05, 3.63) is 102 Å². The molecule has 162 valence electrons. The first kappa shape index (κ1) is 22.1. The number of nitrogens with zero attached hydrogens (tertiary/aromatic N) is 1. The van der Waals surface area contributed by atoms with Crippen molar-refractivity contribution in [3.8, 4) is 0 Å². The van der Waals surface area contributed by atoms with Crippen molar-refractivity contribution in [1.29, 1.82) is 0 Å². The lowest BCUT2D eigenvalue weighted by Gasteiger charge is -2.17. The third-order valence-electron chi connectivity index (χ3n) is 4.38. The van der Waals surface area contributed by atoms with Crippen molar-refractivity contribution >= 4 is 50.5 Å². The van der Waals surface area contributed by atoms with Crippen LogP contribution in [0.3, 0.4) is 0 Å². The number of aromatic nitrogens is 1. The first-order chi connectivity index (χ1) is 15.5. The number of hydrogen-bond acceptors (Lipinski definition) is 6. The molecule has 2 N–H and O–H groups in total. The Balaban J connectivity index is 1.51. The topological polar surface area (TPSA) is 88.2 Å². The van der Waals surface area contributed by atoms with E-state index in [1.165, 1.54) is 11.8 Å². The van der Waals surface area contributed by atoms with Gasteiger partial charge in [-0.05, 0) is 53.4 Å². The van der Waals surface area contributed by atoms with E-state index < -0.39 is 15.3 Å². The molecule has 1 unspecified atom stereocenters. The molecular formula is C23H19N3O3S3. The van der Waals surface area contributed by atoms with Gasteiger partial charge in [0.05, 0.1) is 0 Å².